The molecule has 0 radical (unpaired) electrons. The molecule has 0 aromatic heterocycles. The second-order valence-electron chi connectivity index (χ2n) is 22.7. The molecule has 14 heteroatoms. The van der Waals surface area contributed by atoms with Crippen LogP contribution in [0.4, 0.5) is 22.7 Å². The van der Waals surface area contributed by atoms with Crippen LogP contribution in [0.1, 0.15) is 129 Å². The van der Waals surface area contributed by atoms with Gasteiger partial charge in [0.1, 0.15) is 0 Å². The summed E-state index contributed by atoms with van der Waals surface area (Å²) in [5.74, 6) is 0. The van der Waals surface area contributed by atoms with Crippen LogP contribution in [0, 0.1) is 0 Å². The third-order valence-corrected chi connectivity index (χ3v) is 16.5. The Labute approximate surface area is 452 Å². The predicted molar refractivity (Wildman–Crippen MR) is 288 cm³/mol. The van der Waals surface area contributed by atoms with Crippen molar-refractivity contribution in [3.8, 4) is 0 Å². The van der Waals surface area contributed by atoms with Gasteiger partial charge < -0.3 is 0 Å². The molecule has 2 N–H and O–H groups in total. The Morgan fingerprint density at radius 1 is 0.417 bits per heavy atom. The molecule has 0 unspecified atom stereocenters. The Bertz CT molecular complexity index is 2930. The van der Waals surface area contributed by atoms with Gasteiger partial charge in [0.05, 0.1) is 0 Å². The maximum absolute atomic E-state index is 12.3. The van der Waals surface area contributed by atoms with Crippen molar-refractivity contribution in [2.45, 2.75) is 127 Å². The Kier molecular flexibility index (Phi) is 15.9. The van der Waals surface area contributed by atoms with Gasteiger partial charge in [-0.2, -0.15) is 0 Å². The number of nitrogens with zero attached hydrogens (tertiary/aromatic N) is 4. The van der Waals surface area contributed by atoms with Crippen molar-refractivity contribution in [2.24, 2.45) is 0 Å². The minimum absolute atomic E-state index is 0.0436. The summed E-state index contributed by atoms with van der Waals surface area (Å²) in [7, 11) is -8.86. The zero-order valence-corrected chi connectivity index (χ0v) is 47.8. The van der Waals surface area contributed by atoms with E-state index >= 15 is 0 Å². The molecular formula is C58H68Ag2N4O6S2. The molecule has 2 aliphatic heterocycles. The van der Waals surface area contributed by atoms with Crippen molar-refractivity contribution < 1.29 is 67.1 Å². The van der Waals surface area contributed by atoms with Crippen LogP contribution >= 0.6 is 0 Å². The first-order valence-electron chi connectivity index (χ1n) is 24.0. The van der Waals surface area contributed by atoms with Gasteiger partial charge in [-0.15, -0.1) is 0 Å². The van der Waals surface area contributed by atoms with Gasteiger partial charge in [-0.25, -0.2) is 0 Å². The monoisotopic (exact) mass is 1190 g/mol. The number of rotatable bonds is 8. The average molecular weight is 1200 g/mol. The van der Waals surface area contributed by atoms with Crippen molar-refractivity contribution in [3.05, 3.63) is 179 Å². The number of hydrogen-bond donors (Lipinski definition) is 2. The molecule has 2 heterocycles. The normalized spacial score (nSPS) is 17.1. The van der Waals surface area contributed by atoms with Gasteiger partial charge in [0.25, 0.3) is 0 Å². The zero-order valence-electron chi connectivity index (χ0n) is 43.2. The van der Waals surface area contributed by atoms with Crippen LogP contribution in [-0.4, -0.2) is 47.0 Å². The van der Waals surface area contributed by atoms with E-state index in [0.29, 0.717) is 24.5 Å². The summed E-state index contributed by atoms with van der Waals surface area (Å²) in [5, 5.41) is 0. The molecule has 2 saturated heterocycles. The molecular weight excluding hydrogens is 1130 g/mol. The van der Waals surface area contributed by atoms with E-state index in [4.69, 9.17) is 0 Å². The Hall–Kier alpha value is -4.44. The van der Waals surface area contributed by atoms with Crippen LogP contribution in [0.3, 0.4) is 0 Å². The average Bonchev–Trinajstić information content (AvgIpc) is 3.84. The first-order valence-corrected chi connectivity index (χ1v) is 28.4. The number of benzene rings is 6. The van der Waals surface area contributed by atoms with E-state index in [1.54, 1.807) is 36.4 Å². The van der Waals surface area contributed by atoms with Crippen molar-refractivity contribution in [1.82, 2.24) is 0 Å². The van der Waals surface area contributed by atoms with Crippen LogP contribution in [0.5, 0.6) is 0 Å². The van der Waals surface area contributed by atoms with E-state index in [1.165, 1.54) is 34.4 Å². The SMILES string of the molecule is CC(C)(C)c1cc(N2C[C@H](c3ccccc3)N(c3ccccc3S(=O)(=O)O)[C]2=[Ag])cc(C(C)(C)C)c1.CC(C)(C)c1cc(N2C[C@H](c3ccccc3)N(c3ccccc3S(=O)(=O)O)[C]2=[Ag])cc(C(C)(C)C)c1. The molecule has 0 bridgehead atoms. The van der Waals surface area contributed by atoms with E-state index in [-0.39, 0.29) is 43.5 Å². The molecule has 390 valence electrons. The fraction of sp³-hybridized carbons (Fsp3) is 0.345. The molecule has 0 aliphatic carbocycles. The zero-order chi connectivity index (χ0) is 52.9. The molecule has 72 heavy (non-hydrogen) atoms. The fourth-order valence-electron chi connectivity index (χ4n) is 8.93. The van der Waals surface area contributed by atoms with E-state index in [1.807, 2.05) is 70.5 Å². The molecule has 6 aromatic rings. The summed E-state index contributed by atoms with van der Waals surface area (Å²) in [6.45, 7) is 27.7. The molecule has 2 aliphatic rings. The standard InChI is InChI=1S/2C29H34N2O3S.2Ag/c2*1-28(2,3)22-16-23(29(4,5)6)18-24(17-22)30-19-26(21-12-8-7-9-13-21)31(20-30)25-14-10-11-15-27(25)35(32,33)34;;/h2*7-18,26H,19H2,1-6H3,(H,32,33,34);;/t2*26-;;/m11../s1. The predicted octanol–water partition coefficient (Wildman–Crippen LogP) is 12.5. The second-order valence-corrected chi connectivity index (χ2v) is 26.8. The topological polar surface area (TPSA) is 122 Å². The van der Waals surface area contributed by atoms with E-state index in [2.05, 4.69) is 170 Å². The summed E-state index contributed by atoms with van der Waals surface area (Å²) in [4.78, 5) is 8.03. The van der Waals surface area contributed by atoms with Crippen LogP contribution < -0.4 is 19.6 Å². The fourth-order valence-corrected chi connectivity index (χ4v) is 11.8. The minimum atomic E-state index is -4.43. The molecule has 8 rings (SSSR count). The van der Waals surface area contributed by atoms with Crippen molar-refractivity contribution in [2.75, 3.05) is 32.7 Å². The van der Waals surface area contributed by atoms with Gasteiger partial charge in [-0.1, -0.05) is 0 Å². The molecule has 0 spiro atoms. The Morgan fingerprint density at radius 2 is 0.681 bits per heavy atom. The first kappa shape index (κ1) is 55.3. The molecule has 2 atom stereocenters. The Balaban J connectivity index is 0.000000211. The number of para-hydroxylation sites is 2. The van der Waals surface area contributed by atoms with Crippen LogP contribution in [-0.2, 0) is 83.1 Å². The first-order chi connectivity index (χ1) is 33.4. The van der Waals surface area contributed by atoms with Crippen LogP contribution in [0.15, 0.2) is 155 Å². The Morgan fingerprint density at radius 3 is 0.944 bits per heavy atom. The van der Waals surface area contributed by atoms with Gasteiger partial charge >= 0.3 is 456 Å². The van der Waals surface area contributed by atoms with Gasteiger partial charge in [0.15, 0.2) is 0 Å². The summed E-state index contributed by atoms with van der Waals surface area (Å²) < 4.78 is 70.7. The summed E-state index contributed by atoms with van der Waals surface area (Å²) in [5.41, 5.74) is 9.77. The van der Waals surface area contributed by atoms with Crippen LogP contribution in [0.25, 0.3) is 0 Å². The number of hydrogen-bond acceptors (Lipinski definition) is 8. The number of anilines is 4. The molecule has 10 nitrogen and oxygen atoms in total. The van der Waals surface area contributed by atoms with Gasteiger partial charge in [-0.05, 0) is 0 Å². The van der Waals surface area contributed by atoms with E-state index < -0.39 is 20.2 Å². The quantitative estimate of drug-likeness (QED) is 0.113. The third-order valence-electron chi connectivity index (χ3n) is 13.2. The molecule has 0 amide bonds. The maximum atomic E-state index is 12.3. The van der Waals surface area contributed by atoms with Gasteiger partial charge in [0.2, 0.25) is 0 Å². The molecule has 2 fully saturated rings. The van der Waals surface area contributed by atoms with Crippen molar-refractivity contribution >= 4 is 50.9 Å². The van der Waals surface area contributed by atoms with Gasteiger partial charge in [0, 0.05) is 0 Å². The van der Waals surface area contributed by atoms with E-state index in [0.717, 1.165) is 30.4 Å². The van der Waals surface area contributed by atoms with Crippen molar-refractivity contribution in [3.63, 3.8) is 0 Å². The molecule has 0 saturated carbocycles. The summed E-state index contributed by atoms with van der Waals surface area (Å²) in [6.07, 6.45) is 0. The van der Waals surface area contributed by atoms with Crippen LogP contribution in [0.2, 0.25) is 0 Å². The molecule has 6 aromatic carbocycles. The van der Waals surface area contributed by atoms with E-state index in [9.17, 15) is 25.9 Å². The second kappa shape index (κ2) is 20.7. The van der Waals surface area contributed by atoms with Crippen molar-refractivity contribution in [1.29, 1.82) is 0 Å². The van der Waals surface area contributed by atoms with Gasteiger partial charge in [-0.3, -0.25) is 0 Å². The summed E-state index contributed by atoms with van der Waals surface area (Å²) >= 11 is 7.70. The summed E-state index contributed by atoms with van der Waals surface area (Å²) in [6, 6.07) is 46.3. The third kappa shape index (κ3) is 12.2.